The van der Waals surface area contributed by atoms with Gasteiger partial charge < -0.3 is 29.5 Å². The maximum atomic E-state index is 13.7. The van der Waals surface area contributed by atoms with Crippen LogP contribution >= 0.6 is 0 Å². The molecule has 0 aliphatic carbocycles. The highest BCUT2D eigenvalue weighted by molar-refractivity contribution is 5.79. The van der Waals surface area contributed by atoms with Crippen molar-refractivity contribution in [3.8, 4) is 11.5 Å². The van der Waals surface area contributed by atoms with Gasteiger partial charge in [-0.05, 0) is 63.7 Å². The van der Waals surface area contributed by atoms with Gasteiger partial charge in [-0.3, -0.25) is 14.5 Å². The Kier molecular flexibility index (Phi) is 10.9. The summed E-state index contributed by atoms with van der Waals surface area (Å²) in [6.07, 6.45) is 7.14. The van der Waals surface area contributed by atoms with E-state index >= 15 is 0 Å². The normalized spacial score (nSPS) is 20.1. The molecule has 2 aromatic rings. The van der Waals surface area contributed by atoms with Gasteiger partial charge in [0.15, 0.2) is 11.5 Å². The Hall–Kier alpha value is -3.28. The molecule has 0 radical (unpaired) electrons. The number of carbonyl (C=O) groups is 2. The molecule has 224 valence electrons. The van der Waals surface area contributed by atoms with Gasteiger partial charge in [-0.1, -0.05) is 13.3 Å². The van der Waals surface area contributed by atoms with E-state index in [0.717, 1.165) is 31.4 Å². The molecule has 0 unspecified atom stereocenters. The number of aliphatic hydroxyl groups is 1. The molecule has 3 atom stereocenters. The molecule has 11 heteroatoms. The van der Waals surface area contributed by atoms with Crippen molar-refractivity contribution in [2.24, 2.45) is 5.92 Å². The predicted octanol–water partition coefficient (Wildman–Crippen LogP) is 2.38. The van der Waals surface area contributed by atoms with E-state index in [0.29, 0.717) is 55.4 Å². The number of ether oxygens (including phenoxy) is 2. The highest BCUT2D eigenvalue weighted by Crippen LogP contribution is 2.44. The van der Waals surface area contributed by atoms with Crippen molar-refractivity contribution in [3.63, 3.8) is 0 Å². The number of aryl methyl sites for hydroxylation is 1. The van der Waals surface area contributed by atoms with Gasteiger partial charge >= 0.3 is 5.97 Å². The minimum absolute atomic E-state index is 0.0182. The molecular weight excluding hydrogens is 526 g/mol. The van der Waals surface area contributed by atoms with Crippen LogP contribution < -0.4 is 9.47 Å². The summed E-state index contributed by atoms with van der Waals surface area (Å²) in [5.74, 6) is -0.423. The topological polar surface area (TPSA) is 129 Å². The molecule has 1 amide bonds. The highest BCUT2D eigenvalue weighted by Gasteiger charge is 2.47. The summed E-state index contributed by atoms with van der Waals surface area (Å²) < 4.78 is 11.1. The van der Waals surface area contributed by atoms with Crippen LogP contribution in [0.15, 0.2) is 30.6 Å². The first-order chi connectivity index (χ1) is 19.8. The lowest BCUT2D eigenvalue weighted by molar-refractivity contribution is -0.143. The molecule has 41 heavy (non-hydrogen) atoms. The zero-order chi connectivity index (χ0) is 29.4. The van der Waals surface area contributed by atoms with Crippen molar-refractivity contribution < 1.29 is 29.3 Å². The van der Waals surface area contributed by atoms with Gasteiger partial charge in [-0.2, -0.15) is 0 Å². The second kappa shape index (κ2) is 14.6. The molecule has 0 bridgehead atoms. The average Bonchev–Trinajstić information content (AvgIpc) is 3.58. The number of hydrogen-bond donors (Lipinski definition) is 2. The number of aliphatic carboxylic acids is 1. The van der Waals surface area contributed by atoms with E-state index in [-0.39, 0.29) is 25.9 Å². The van der Waals surface area contributed by atoms with Crippen LogP contribution in [-0.4, -0.2) is 106 Å². The number of unbranched alkanes of at least 4 members (excludes halogenated alkanes) is 1. The molecule has 3 heterocycles. The summed E-state index contributed by atoms with van der Waals surface area (Å²) in [6.45, 7) is 4.70. The largest absolute Gasteiger partial charge is 0.481 e. The fourth-order valence-electron chi connectivity index (χ4n) is 5.93. The molecule has 2 N–H and O–H groups in total. The number of benzene rings is 1. The third kappa shape index (κ3) is 7.72. The molecule has 11 nitrogen and oxygen atoms in total. The number of carboxylic acids is 1. The number of hydrogen-bond acceptors (Lipinski definition) is 9. The van der Waals surface area contributed by atoms with Gasteiger partial charge in [-0.15, -0.1) is 0 Å². The summed E-state index contributed by atoms with van der Waals surface area (Å²) in [5, 5.41) is 20.5. The number of fused-ring (bicyclic) bond motifs is 1. The fourth-order valence-corrected chi connectivity index (χ4v) is 5.93. The third-order valence-corrected chi connectivity index (χ3v) is 7.99. The molecule has 1 aromatic carbocycles. The summed E-state index contributed by atoms with van der Waals surface area (Å²) in [5.41, 5.74) is 1.32. The van der Waals surface area contributed by atoms with Crippen LogP contribution in [0.3, 0.4) is 0 Å². The van der Waals surface area contributed by atoms with Gasteiger partial charge in [0.25, 0.3) is 0 Å². The van der Waals surface area contributed by atoms with Gasteiger partial charge in [0, 0.05) is 56.0 Å². The Morgan fingerprint density at radius 3 is 2.54 bits per heavy atom. The molecule has 0 spiro atoms. The quantitative estimate of drug-likeness (QED) is 0.330. The number of aromatic nitrogens is 2. The number of aliphatic hydroxyl groups excluding tert-OH is 1. The first kappa shape index (κ1) is 30.7. The van der Waals surface area contributed by atoms with E-state index in [9.17, 15) is 19.8 Å². The van der Waals surface area contributed by atoms with Gasteiger partial charge in [0.05, 0.1) is 19.1 Å². The Bertz CT molecular complexity index is 1160. The first-order valence-electron chi connectivity index (χ1n) is 14.5. The number of rotatable bonds is 15. The van der Waals surface area contributed by atoms with E-state index in [2.05, 4.69) is 21.8 Å². The zero-order valence-electron chi connectivity index (χ0n) is 24.4. The summed E-state index contributed by atoms with van der Waals surface area (Å²) in [4.78, 5) is 41.3. The number of likely N-dealkylation sites (tertiary alicyclic amines) is 1. The second-order valence-corrected chi connectivity index (χ2v) is 11.1. The number of carbonyl (C=O) groups excluding carboxylic acids is 1. The SMILES string of the molecule is CCCCN(CCCN(C)C)C(=O)CN1C[C@H](c2cc(CO)c3c(c2)OCO3)[C@@H](C(=O)O)[C@@H]1CCc1ncccn1. The average molecular weight is 570 g/mol. The van der Waals surface area contributed by atoms with Crippen LogP contribution in [0.4, 0.5) is 0 Å². The van der Waals surface area contributed by atoms with E-state index < -0.39 is 23.8 Å². The maximum Gasteiger partial charge on any atom is 0.308 e. The number of amides is 1. The number of carboxylic acid groups (broad SMARTS) is 1. The molecule has 4 rings (SSSR count). The maximum absolute atomic E-state index is 13.7. The van der Waals surface area contributed by atoms with Gasteiger partial charge in [-0.25, -0.2) is 9.97 Å². The number of nitrogens with zero attached hydrogens (tertiary/aromatic N) is 5. The lowest BCUT2D eigenvalue weighted by Gasteiger charge is -2.30. The minimum Gasteiger partial charge on any atom is -0.481 e. The minimum atomic E-state index is -0.916. The monoisotopic (exact) mass is 569 g/mol. The Morgan fingerprint density at radius 2 is 1.85 bits per heavy atom. The Balaban J connectivity index is 1.61. The summed E-state index contributed by atoms with van der Waals surface area (Å²) >= 11 is 0. The lowest BCUT2D eigenvalue weighted by Crippen LogP contribution is -2.45. The van der Waals surface area contributed by atoms with Crippen molar-refractivity contribution >= 4 is 11.9 Å². The van der Waals surface area contributed by atoms with Crippen LogP contribution in [0.25, 0.3) is 0 Å². The van der Waals surface area contributed by atoms with Crippen LogP contribution in [0, 0.1) is 5.92 Å². The molecule has 1 saturated heterocycles. The second-order valence-electron chi connectivity index (χ2n) is 11.1. The van der Waals surface area contributed by atoms with Gasteiger partial charge in [0.2, 0.25) is 12.7 Å². The van der Waals surface area contributed by atoms with Crippen molar-refractivity contribution in [1.82, 2.24) is 24.7 Å². The van der Waals surface area contributed by atoms with E-state index in [4.69, 9.17) is 9.47 Å². The summed E-state index contributed by atoms with van der Waals surface area (Å²) in [6, 6.07) is 4.98. The van der Waals surface area contributed by atoms with Crippen molar-refractivity contribution in [2.75, 3.05) is 53.6 Å². The van der Waals surface area contributed by atoms with E-state index in [1.807, 2.05) is 36.0 Å². The predicted molar refractivity (Wildman–Crippen MR) is 153 cm³/mol. The first-order valence-corrected chi connectivity index (χ1v) is 14.5. The molecule has 0 saturated carbocycles. The van der Waals surface area contributed by atoms with Crippen LogP contribution in [-0.2, 0) is 22.6 Å². The lowest BCUT2D eigenvalue weighted by atomic mass is 9.83. The Morgan fingerprint density at radius 1 is 1.10 bits per heavy atom. The van der Waals surface area contributed by atoms with Crippen molar-refractivity contribution in [1.29, 1.82) is 0 Å². The Labute approximate surface area is 242 Å². The molecular formula is C30H43N5O6. The standard InChI is InChI=1S/C30H43N5O6/c1-4-5-13-34(14-7-12-33(2)3)27(37)18-35-17-23(21-15-22(19-36)29-25(16-21)40-20-41-29)28(30(38)39)24(35)8-9-26-31-10-6-11-32-26/h6,10-11,15-16,23-24,28,36H,4-5,7-9,12-14,17-20H2,1-3H3,(H,38,39)/t23-,24+,28-/m1/s1. The molecule has 1 fully saturated rings. The van der Waals surface area contributed by atoms with Gasteiger partial charge in [0.1, 0.15) is 5.82 Å². The van der Waals surface area contributed by atoms with Crippen molar-refractivity contribution in [2.45, 2.75) is 57.6 Å². The zero-order valence-corrected chi connectivity index (χ0v) is 24.4. The molecule has 2 aliphatic rings. The molecule has 2 aliphatic heterocycles. The van der Waals surface area contributed by atoms with E-state index in [1.54, 1.807) is 18.5 Å². The van der Waals surface area contributed by atoms with Crippen LogP contribution in [0.5, 0.6) is 11.5 Å². The van der Waals surface area contributed by atoms with E-state index in [1.165, 1.54) is 0 Å². The van der Waals surface area contributed by atoms with Crippen LogP contribution in [0.2, 0.25) is 0 Å². The molecule has 1 aromatic heterocycles. The highest BCUT2D eigenvalue weighted by atomic mass is 16.7. The summed E-state index contributed by atoms with van der Waals surface area (Å²) in [7, 11) is 4.04. The smallest absolute Gasteiger partial charge is 0.308 e. The fraction of sp³-hybridized carbons (Fsp3) is 0.600. The van der Waals surface area contributed by atoms with Crippen LogP contribution in [0.1, 0.15) is 55.5 Å². The van der Waals surface area contributed by atoms with Crippen molar-refractivity contribution in [3.05, 3.63) is 47.5 Å². The third-order valence-electron chi connectivity index (χ3n) is 7.99.